The van der Waals surface area contributed by atoms with E-state index in [2.05, 4.69) is 45.6 Å². The number of anilines is 3. The van der Waals surface area contributed by atoms with Crippen molar-refractivity contribution in [1.29, 1.82) is 0 Å². The van der Waals surface area contributed by atoms with E-state index in [1.807, 2.05) is 30.5 Å². The van der Waals surface area contributed by atoms with E-state index in [-0.39, 0.29) is 30.5 Å². The van der Waals surface area contributed by atoms with E-state index in [4.69, 9.17) is 0 Å². The number of halogens is 3. The highest BCUT2D eigenvalue weighted by Crippen LogP contribution is 2.33. The fraction of sp³-hybridized carbons (Fsp3) is 0.267. The maximum atomic E-state index is 12.7. The lowest BCUT2D eigenvalue weighted by Gasteiger charge is -2.31. The van der Waals surface area contributed by atoms with Crippen LogP contribution in [0.25, 0.3) is 10.9 Å². The lowest BCUT2D eigenvalue weighted by atomic mass is 9.98. The second-order valence-electron chi connectivity index (χ2n) is 10.5. The third-order valence-corrected chi connectivity index (χ3v) is 8.30. The van der Waals surface area contributed by atoms with Gasteiger partial charge in [-0.25, -0.2) is 0 Å². The molecule has 0 aliphatic carbocycles. The molecule has 1 saturated heterocycles. The molecule has 1 aliphatic heterocycles. The molecular weight excluding hydrogens is 609 g/mol. The summed E-state index contributed by atoms with van der Waals surface area (Å²) in [5, 5.41) is 24.7. The summed E-state index contributed by atoms with van der Waals surface area (Å²) in [6.07, 6.45) is -1.26. The van der Waals surface area contributed by atoms with Gasteiger partial charge in [0.2, 0.25) is 16.9 Å². The highest BCUT2D eigenvalue weighted by atomic mass is 32.1. The predicted octanol–water partition coefficient (Wildman–Crippen LogP) is 5.45. The number of H-pyrrole nitrogens is 1. The van der Waals surface area contributed by atoms with E-state index in [0.29, 0.717) is 29.6 Å². The minimum absolute atomic E-state index is 0.153. The van der Waals surface area contributed by atoms with Crippen molar-refractivity contribution in [2.24, 2.45) is 0 Å². The molecule has 3 N–H and O–H groups in total. The molecule has 5 aromatic rings. The van der Waals surface area contributed by atoms with Gasteiger partial charge in [-0.05, 0) is 54.3 Å². The fourth-order valence-electron chi connectivity index (χ4n) is 5.21. The van der Waals surface area contributed by atoms with Crippen molar-refractivity contribution in [2.75, 3.05) is 28.6 Å². The number of alkyl halides is 3. The number of aromatic amines is 1. The number of carbonyl (C=O) groups is 2. The molecule has 15 heteroatoms. The van der Waals surface area contributed by atoms with Crippen LogP contribution in [0.2, 0.25) is 0 Å². The summed E-state index contributed by atoms with van der Waals surface area (Å²) in [7, 11) is 0. The number of nitrogens with one attached hydrogen (secondary N) is 3. The van der Waals surface area contributed by atoms with Gasteiger partial charge in [0.15, 0.2) is 11.6 Å². The van der Waals surface area contributed by atoms with Crippen molar-refractivity contribution in [3.05, 3.63) is 83.0 Å². The van der Waals surface area contributed by atoms with E-state index in [0.717, 1.165) is 40.4 Å². The molecule has 0 atom stereocenters. The van der Waals surface area contributed by atoms with Crippen LogP contribution in [-0.2, 0) is 22.4 Å². The lowest BCUT2D eigenvalue weighted by molar-refractivity contribution is -0.274. The number of piperidine rings is 1. The molecule has 0 radical (unpaired) electrons. The Labute approximate surface area is 258 Å². The average Bonchev–Trinajstić information content (AvgIpc) is 3.64. The van der Waals surface area contributed by atoms with E-state index in [1.54, 1.807) is 12.1 Å². The minimum atomic E-state index is -4.81. The number of hydrogen-bond donors (Lipinski definition) is 3. The number of nitrogens with zero attached hydrogens (tertiary/aromatic N) is 5. The van der Waals surface area contributed by atoms with E-state index in [1.165, 1.54) is 29.5 Å². The molecule has 11 nitrogen and oxygen atoms in total. The molecule has 2 aromatic carbocycles. The number of hydrogen-bond acceptors (Lipinski definition) is 9. The Morgan fingerprint density at radius 2 is 1.73 bits per heavy atom. The number of aromatic nitrogens is 5. The summed E-state index contributed by atoms with van der Waals surface area (Å²) >= 11 is 1.39. The maximum absolute atomic E-state index is 12.7. The zero-order chi connectivity index (χ0) is 31.4. The molecule has 3 aromatic heterocycles. The second kappa shape index (κ2) is 12.9. The van der Waals surface area contributed by atoms with Gasteiger partial charge in [0.05, 0.1) is 12.8 Å². The highest BCUT2D eigenvalue weighted by Gasteiger charge is 2.31. The first-order valence-electron chi connectivity index (χ1n) is 14.1. The van der Waals surface area contributed by atoms with Crippen molar-refractivity contribution in [3.8, 4) is 5.75 Å². The number of rotatable bonds is 9. The summed E-state index contributed by atoms with van der Waals surface area (Å²) in [4.78, 5) is 30.4. The van der Waals surface area contributed by atoms with Crippen LogP contribution < -0.4 is 20.3 Å². The van der Waals surface area contributed by atoms with Gasteiger partial charge in [0.1, 0.15) is 10.8 Å². The zero-order valence-electron chi connectivity index (χ0n) is 23.7. The van der Waals surface area contributed by atoms with Crippen LogP contribution in [0.5, 0.6) is 5.75 Å². The fourth-order valence-corrected chi connectivity index (χ4v) is 6.13. The molecule has 0 bridgehead atoms. The molecule has 6 rings (SSSR count). The summed E-state index contributed by atoms with van der Waals surface area (Å²) < 4.78 is 41.3. The van der Waals surface area contributed by atoms with Gasteiger partial charge in [0, 0.05) is 36.1 Å². The number of fused-ring (bicyclic) bond motifs is 1. The first-order valence-corrected chi connectivity index (χ1v) is 14.9. The average molecular weight is 637 g/mol. The quantitative estimate of drug-likeness (QED) is 0.194. The molecular formula is C30H27F3N8O3S. The Balaban J connectivity index is 0.967. The van der Waals surface area contributed by atoms with Crippen molar-refractivity contribution >= 4 is 50.8 Å². The molecule has 4 heterocycles. The van der Waals surface area contributed by atoms with Crippen LogP contribution in [0, 0.1) is 0 Å². The number of para-hydroxylation sites is 1. The van der Waals surface area contributed by atoms with Crippen LogP contribution in [-0.4, -0.2) is 56.6 Å². The molecule has 2 amide bonds. The predicted molar refractivity (Wildman–Crippen MR) is 162 cm³/mol. The molecule has 0 unspecified atom stereocenters. The van der Waals surface area contributed by atoms with Gasteiger partial charge in [-0.2, -0.15) is 0 Å². The number of benzene rings is 2. The Hall–Kier alpha value is -5.05. The molecule has 45 heavy (non-hydrogen) atoms. The Morgan fingerprint density at radius 1 is 0.933 bits per heavy atom. The third-order valence-electron chi connectivity index (χ3n) is 7.30. The SMILES string of the molecule is O=C(Cc1cccc(OC(F)(F)F)c1)Nc1ccc(N2CCC(c3nnc(NC(=O)Cc4c[nH]c5ccccc45)s3)CC2)nn1. The van der Waals surface area contributed by atoms with Gasteiger partial charge in [0.25, 0.3) is 0 Å². The number of ether oxygens (including phenoxy) is 1. The molecule has 232 valence electrons. The third kappa shape index (κ3) is 7.73. The molecule has 0 saturated carbocycles. The van der Waals surface area contributed by atoms with E-state index in [9.17, 15) is 22.8 Å². The first-order chi connectivity index (χ1) is 21.7. The lowest BCUT2D eigenvalue weighted by Crippen LogP contribution is -2.33. The van der Waals surface area contributed by atoms with Gasteiger partial charge >= 0.3 is 6.36 Å². The van der Waals surface area contributed by atoms with Crippen LogP contribution in [0.4, 0.5) is 29.9 Å². The molecule has 0 spiro atoms. The van der Waals surface area contributed by atoms with Crippen LogP contribution >= 0.6 is 11.3 Å². The van der Waals surface area contributed by atoms with Crippen LogP contribution in [0.15, 0.2) is 66.9 Å². The Morgan fingerprint density at radius 3 is 2.51 bits per heavy atom. The monoisotopic (exact) mass is 636 g/mol. The topological polar surface area (TPSA) is 138 Å². The van der Waals surface area contributed by atoms with Gasteiger partial charge in [-0.15, -0.1) is 33.6 Å². The van der Waals surface area contributed by atoms with Crippen molar-refractivity contribution in [2.45, 2.75) is 38.0 Å². The number of carbonyl (C=O) groups excluding carboxylic acids is 2. The standard InChI is InChI=1S/C30H27F3N8O3S/c31-30(32,33)44-21-5-3-4-18(14-21)15-26(42)35-24-8-9-25(38-37-24)41-12-10-19(11-13-41)28-39-40-29(45-28)36-27(43)16-20-17-34-23-7-2-1-6-22(20)23/h1-9,14,17,19,34H,10-13,15-16H2,(H,35,37,42)(H,36,40,43). The first kappa shape index (κ1) is 30.0. The van der Waals surface area contributed by atoms with Crippen molar-refractivity contribution < 1.29 is 27.5 Å². The smallest absolute Gasteiger partial charge is 0.406 e. The largest absolute Gasteiger partial charge is 0.573 e. The Kier molecular flexibility index (Phi) is 8.60. The zero-order valence-corrected chi connectivity index (χ0v) is 24.5. The van der Waals surface area contributed by atoms with Crippen LogP contribution in [0.3, 0.4) is 0 Å². The van der Waals surface area contributed by atoms with Gasteiger partial charge < -0.3 is 25.3 Å². The second-order valence-corrected chi connectivity index (χ2v) is 11.5. The maximum Gasteiger partial charge on any atom is 0.573 e. The molecule has 1 fully saturated rings. The summed E-state index contributed by atoms with van der Waals surface area (Å²) in [6.45, 7) is 1.42. The van der Waals surface area contributed by atoms with Gasteiger partial charge in [-0.1, -0.05) is 41.7 Å². The van der Waals surface area contributed by atoms with Crippen LogP contribution in [0.1, 0.15) is 34.9 Å². The Bertz CT molecular complexity index is 1800. The van der Waals surface area contributed by atoms with E-state index < -0.39 is 18.0 Å². The summed E-state index contributed by atoms with van der Waals surface area (Å²) in [5.74, 6) is 0.0919. The van der Waals surface area contributed by atoms with Crippen molar-refractivity contribution in [3.63, 3.8) is 0 Å². The molecule has 1 aliphatic rings. The van der Waals surface area contributed by atoms with Crippen molar-refractivity contribution in [1.82, 2.24) is 25.4 Å². The van der Waals surface area contributed by atoms with Gasteiger partial charge in [-0.3, -0.25) is 9.59 Å². The van der Waals surface area contributed by atoms with E-state index >= 15 is 0 Å². The normalized spacial score (nSPS) is 14.0. The summed E-state index contributed by atoms with van der Waals surface area (Å²) in [6, 6.07) is 16.5. The summed E-state index contributed by atoms with van der Waals surface area (Å²) in [5.41, 5.74) is 2.26. The number of amides is 2. The minimum Gasteiger partial charge on any atom is -0.406 e. The highest BCUT2D eigenvalue weighted by molar-refractivity contribution is 7.15.